The predicted octanol–water partition coefficient (Wildman–Crippen LogP) is 3.12. The van der Waals surface area contributed by atoms with Gasteiger partial charge in [0.2, 0.25) is 0 Å². The average Bonchev–Trinajstić information content (AvgIpc) is 2.32. The summed E-state index contributed by atoms with van der Waals surface area (Å²) in [5, 5.41) is 8.04. The van der Waals surface area contributed by atoms with Crippen molar-refractivity contribution in [1.82, 2.24) is 9.80 Å². The van der Waals surface area contributed by atoms with Crippen molar-refractivity contribution >= 4 is 23.0 Å². The Balaban J connectivity index is 2.42. The fraction of sp³-hybridized carbons (Fsp3) is 0.667. The molecule has 1 saturated heterocycles. The van der Waals surface area contributed by atoms with Crippen LogP contribution >= 0.6 is 11.8 Å². The first-order valence-corrected chi connectivity index (χ1v) is 7.08. The summed E-state index contributed by atoms with van der Waals surface area (Å²) in [6, 6.07) is -0.0508. The number of carbonyl (C=O) groups excluding carboxylic acids is 1. The maximum Gasteiger partial charge on any atom is 0.327 e. The second-order valence-electron chi connectivity index (χ2n) is 4.08. The van der Waals surface area contributed by atoms with Crippen LogP contribution in [0.15, 0.2) is 12.7 Å². The largest absolute Gasteiger partial charge is 0.327 e. The summed E-state index contributed by atoms with van der Waals surface area (Å²) in [5.74, 6) is 0.609. The monoisotopic (exact) mass is 255 g/mol. The molecule has 0 spiro atoms. The van der Waals surface area contributed by atoms with Crippen molar-refractivity contribution < 1.29 is 4.79 Å². The number of thioether (sulfide) groups is 1. The van der Waals surface area contributed by atoms with Gasteiger partial charge < -0.3 is 4.90 Å². The van der Waals surface area contributed by atoms with Gasteiger partial charge in [0.25, 0.3) is 0 Å². The van der Waals surface area contributed by atoms with Gasteiger partial charge in [0, 0.05) is 13.1 Å². The predicted molar refractivity (Wildman–Crippen MR) is 73.3 cm³/mol. The fourth-order valence-electron chi connectivity index (χ4n) is 1.71. The lowest BCUT2D eigenvalue weighted by Gasteiger charge is -2.34. The van der Waals surface area contributed by atoms with E-state index in [4.69, 9.17) is 5.41 Å². The Kier molecular flexibility index (Phi) is 6.11. The van der Waals surface area contributed by atoms with E-state index in [9.17, 15) is 4.79 Å². The minimum absolute atomic E-state index is 0.0508. The van der Waals surface area contributed by atoms with Gasteiger partial charge in [-0.3, -0.25) is 10.3 Å². The van der Waals surface area contributed by atoms with Crippen LogP contribution in [0.3, 0.4) is 0 Å². The Morgan fingerprint density at radius 1 is 1.47 bits per heavy atom. The molecule has 0 aromatic heterocycles. The number of rotatable bonds is 7. The molecule has 1 aliphatic rings. The van der Waals surface area contributed by atoms with E-state index < -0.39 is 0 Å². The summed E-state index contributed by atoms with van der Waals surface area (Å²) in [6.07, 6.45) is 6.31. The quantitative estimate of drug-likeness (QED) is 0.561. The van der Waals surface area contributed by atoms with E-state index in [0.29, 0.717) is 17.6 Å². The normalized spacial score (nSPS) is 16.5. The fourth-order valence-corrected chi connectivity index (χ4v) is 2.54. The van der Waals surface area contributed by atoms with Crippen molar-refractivity contribution in [3.05, 3.63) is 12.7 Å². The average molecular weight is 255 g/mol. The molecule has 0 bridgehead atoms. The summed E-state index contributed by atoms with van der Waals surface area (Å²) in [6.45, 7) is 7.02. The number of hydrogen-bond donors (Lipinski definition) is 1. The highest BCUT2D eigenvalue weighted by Crippen LogP contribution is 2.19. The van der Waals surface area contributed by atoms with Crippen LogP contribution in [-0.2, 0) is 0 Å². The summed E-state index contributed by atoms with van der Waals surface area (Å²) >= 11 is 1.41. The molecular weight excluding hydrogens is 234 g/mol. The number of hydrogen-bond acceptors (Lipinski definition) is 3. The lowest BCUT2D eigenvalue weighted by atomic mass is 10.2. The molecule has 0 atom stereocenters. The van der Waals surface area contributed by atoms with Crippen molar-refractivity contribution in [3.8, 4) is 0 Å². The first-order chi connectivity index (χ1) is 8.20. The molecule has 1 N–H and O–H groups in total. The van der Waals surface area contributed by atoms with Gasteiger partial charge in [-0.25, -0.2) is 4.79 Å². The minimum atomic E-state index is -0.0508. The SMILES string of the molecule is C=CCN1C(=N)SCN(CCCCCC)C1=O. The third kappa shape index (κ3) is 4.07. The number of carbonyl (C=O) groups is 1. The maximum atomic E-state index is 12.0. The van der Waals surface area contributed by atoms with Gasteiger partial charge in [0.1, 0.15) is 0 Å². The van der Waals surface area contributed by atoms with Crippen molar-refractivity contribution in [1.29, 1.82) is 5.41 Å². The molecule has 17 heavy (non-hydrogen) atoms. The second kappa shape index (κ2) is 7.37. The van der Waals surface area contributed by atoms with Gasteiger partial charge in [-0.2, -0.15) is 0 Å². The van der Waals surface area contributed by atoms with Gasteiger partial charge in [0.15, 0.2) is 5.17 Å². The topological polar surface area (TPSA) is 47.4 Å². The molecule has 1 rings (SSSR count). The molecule has 0 radical (unpaired) electrons. The van der Waals surface area contributed by atoms with Crippen LogP contribution in [0.2, 0.25) is 0 Å². The van der Waals surface area contributed by atoms with Crippen LogP contribution in [0.5, 0.6) is 0 Å². The van der Waals surface area contributed by atoms with E-state index in [2.05, 4.69) is 13.5 Å². The van der Waals surface area contributed by atoms with Gasteiger partial charge >= 0.3 is 6.03 Å². The lowest BCUT2D eigenvalue weighted by molar-refractivity contribution is 0.184. The Hall–Kier alpha value is -0.970. The molecule has 0 aromatic carbocycles. The van der Waals surface area contributed by atoms with E-state index in [0.717, 1.165) is 13.0 Å². The molecule has 1 aliphatic heterocycles. The molecule has 4 nitrogen and oxygen atoms in total. The number of nitrogens with one attached hydrogen (secondary N) is 1. The van der Waals surface area contributed by atoms with Gasteiger partial charge in [-0.15, -0.1) is 6.58 Å². The molecule has 0 aromatic rings. The molecule has 0 saturated carbocycles. The van der Waals surface area contributed by atoms with Crippen molar-refractivity contribution in [2.75, 3.05) is 19.0 Å². The molecular formula is C12H21N3OS. The highest BCUT2D eigenvalue weighted by atomic mass is 32.2. The van der Waals surface area contributed by atoms with E-state index in [-0.39, 0.29) is 6.03 Å². The van der Waals surface area contributed by atoms with Crippen LogP contribution in [0.1, 0.15) is 32.6 Å². The standard InChI is InChI=1S/C12H21N3OS/c1-3-5-6-7-9-14-10-17-11(13)15(8-4-2)12(14)16/h4,13H,2-3,5-10H2,1H3. The highest BCUT2D eigenvalue weighted by Gasteiger charge is 2.28. The highest BCUT2D eigenvalue weighted by molar-refractivity contribution is 8.13. The first-order valence-electron chi connectivity index (χ1n) is 6.09. The smallest absolute Gasteiger partial charge is 0.315 e. The molecule has 96 valence electrons. The number of urea groups is 1. The van der Waals surface area contributed by atoms with Crippen molar-refractivity contribution in [2.45, 2.75) is 32.6 Å². The number of amides is 2. The van der Waals surface area contributed by atoms with Crippen molar-refractivity contribution in [3.63, 3.8) is 0 Å². The molecule has 0 unspecified atom stereocenters. The third-order valence-electron chi connectivity index (χ3n) is 2.70. The Morgan fingerprint density at radius 3 is 2.88 bits per heavy atom. The van der Waals surface area contributed by atoms with Gasteiger partial charge in [-0.05, 0) is 6.42 Å². The first kappa shape index (κ1) is 14.1. The van der Waals surface area contributed by atoms with E-state index >= 15 is 0 Å². The number of unbranched alkanes of at least 4 members (excludes halogenated alkanes) is 3. The van der Waals surface area contributed by atoms with E-state index in [1.54, 1.807) is 6.08 Å². The van der Waals surface area contributed by atoms with Crippen LogP contribution in [0.25, 0.3) is 0 Å². The van der Waals surface area contributed by atoms with Crippen LogP contribution in [-0.4, -0.2) is 40.0 Å². The van der Waals surface area contributed by atoms with Crippen molar-refractivity contribution in [2.24, 2.45) is 0 Å². The van der Waals surface area contributed by atoms with E-state index in [1.165, 1.54) is 35.9 Å². The molecule has 1 fully saturated rings. The second-order valence-corrected chi connectivity index (χ2v) is 5.02. The molecule has 1 heterocycles. The zero-order chi connectivity index (χ0) is 12.7. The summed E-state index contributed by atoms with van der Waals surface area (Å²) < 4.78 is 0. The van der Waals surface area contributed by atoms with Crippen LogP contribution in [0.4, 0.5) is 4.79 Å². The van der Waals surface area contributed by atoms with Crippen LogP contribution < -0.4 is 0 Å². The molecule has 0 aliphatic carbocycles. The number of amidine groups is 1. The lowest BCUT2D eigenvalue weighted by Crippen LogP contribution is -2.49. The number of nitrogens with zero attached hydrogens (tertiary/aromatic N) is 2. The molecule has 5 heteroatoms. The van der Waals surface area contributed by atoms with Gasteiger partial charge in [-0.1, -0.05) is 44.0 Å². The Labute approximate surface area is 108 Å². The maximum absolute atomic E-state index is 12.0. The zero-order valence-corrected chi connectivity index (χ0v) is 11.3. The summed E-state index contributed by atoms with van der Waals surface area (Å²) in [4.78, 5) is 15.3. The zero-order valence-electron chi connectivity index (χ0n) is 10.4. The van der Waals surface area contributed by atoms with Crippen LogP contribution in [0, 0.1) is 5.41 Å². The Morgan fingerprint density at radius 2 is 2.24 bits per heavy atom. The Bertz CT molecular complexity index is 293. The van der Waals surface area contributed by atoms with Gasteiger partial charge in [0.05, 0.1) is 5.88 Å². The van der Waals surface area contributed by atoms with E-state index in [1.807, 2.05) is 4.90 Å². The third-order valence-corrected chi connectivity index (χ3v) is 3.63. The molecule has 2 amide bonds. The summed E-state index contributed by atoms with van der Waals surface area (Å²) in [5.41, 5.74) is 0. The minimum Gasteiger partial charge on any atom is -0.315 e. The summed E-state index contributed by atoms with van der Waals surface area (Å²) in [7, 11) is 0.